The Morgan fingerprint density at radius 3 is 2.96 bits per heavy atom. The van der Waals surface area contributed by atoms with Gasteiger partial charge in [0, 0.05) is 24.8 Å². The molecule has 6 nitrogen and oxygen atoms in total. The third kappa shape index (κ3) is 3.13. The van der Waals surface area contributed by atoms with Crippen molar-refractivity contribution in [2.45, 2.75) is 12.3 Å². The van der Waals surface area contributed by atoms with E-state index in [9.17, 15) is 9.18 Å². The van der Waals surface area contributed by atoms with E-state index in [1.807, 2.05) is 18.2 Å². The number of likely N-dealkylation sites (tertiary alicyclic amines) is 1. The van der Waals surface area contributed by atoms with Gasteiger partial charge in [-0.1, -0.05) is 17.3 Å². The Morgan fingerprint density at radius 1 is 1.24 bits per heavy atom. The highest BCUT2D eigenvalue weighted by Crippen LogP contribution is 2.28. The number of aromatic nitrogens is 3. The second kappa shape index (κ2) is 6.43. The third-order valence-corrected chi connectivity index (χ3v) is 4.23. The highest BCUT2D eigenvalue weighted by atomic mass is 19.1. The molecule has 0 N–H and O–H groups in total. The van der Waals surface area contributed by atoms with Crippen LogP contribution in [0.5, 0.6) is 0 Å². The molecule has 2 aromatic heterocycles. The fourth-order valence-electron chi connectivity index (χ4n) is 2.95. The van der Waals surface area contributed by atoms with Crippen molar-refractivity contribution < 1.29 is 13.7 Å². The molecule has 0 saturated carbocycles. The van der Waals surface area contributed by atoms with E-state index in [-0.39, 0.29) is 11.8 Å². The number of hydrogen-bond acceptors (Lipinski definition) is 5. The molecule has 1 fully saturated rings. The van der Waals surface area contributed by atoms with Gasteiger partial charge < -0.3 is 9.42 Å². The van der Waals surface area contributed by atoms with Crippen LogP contribution < -0.4 is 0 Å². The molecular weight excluding hydrogens is 323 g/mol. The molecule has 1 saturated heterocycles. The van der Waals surface area contributed by atoms with Crippen molar-refractivity contribution in [3.05, 3.63) is 65.9 Å². The Kier molecular flexibility index (Phi) is 3.97. The summed E-state index contributed by atoms with van der Waals surface area (Å²) in [6.45, 7) is 1.04. The van der Waals surface area contributed by atoms with Gasteiger partial charge in [-0.2, -0.15) is 4.98 Å². The number of benzene rings is 1. The van der Waals surface area contributed by atoms with Gasteiger partial charge >= 0.3 is 0 Å². The number of pyridine rings is 1. The second-order valence-electron chi connectivity index (χ2n) is 5.92. The summed E-state index contributed by atoms with van der Waals surface area (Å²) in [6, 6.07) is 11.2. The van der Waals surface area contributed by atoms with E-state index in [1.165, 1.54) is 18.2 Å². The largest absolute Gasteiger partial charge is 0.339 e. The molecule has 1 atom stereocenters. The molecule has 0 unspecified atom stereocenters. The van der Waals surface area contributed by atoms with Gasteiger partial charge in [0.2, 0.25) is 11.7 Å². The Bertz CT molecular complexity index is 897. The van der Waals surface area contributed by atoms with Crippen LogP contribution in [0.2, 0.25) is 0 Å². The Balaban J connectivity index is 1.48. The van der Waals surface area contributed by atoms with Gasteiger partial charge in [-0.3, -0.25) is 9.78 Å². The van der Waals surface area contributed by atoms with Crippen LogP contribution in [0.4, 0.5) is 4.39 Å². The molecule has 4 rings (SSSR count). The lowest BCUT2D eigenvalue weighted by atomic mass is 10.1. The molecule has 25 heavy (non-hydrogen) atoms. The lowest BCUT2D eigenvalue weighted by molar-refractivity contribution is 0.0789. The first-order valence-corrected chi connectivity index (χ1v) is 8.00. The fourth-order valence-corrected chi connectivity index (χ4v) is 2.95. The monoisotopic (exact) mass is 338 g/mol. The molecule has 3 aromatic rings. The van der Waals surface area contributed by atoms with Crippen LogP contribution in [-0.2, 0) is 0 Å². The standard InChI is InChI=1S/C18H15FN4O2/c19-14-5-3-4-12(10-14)18(24)23-9-7-13(11-23)17-21-16(22-25-17)15-6-1-2-8-20-15/h1-6,8,10,13H,7,9,11H2/t13-/m1/s1. The first kappa shape index (κ1) is 15.4. The molecule has 1 aliphatic heterocycles. The van der Waals surface area contributed by atoms with E-state index in [0.717, 1.165) is 6.42 Å². The maximum atomic E-state index is 13.3. The van der Waals surface area contributed by atoms with Crippen LogP contribution in [0.1, 0.15) is 28.6 Å². The van der Waals surface area contributed by atoms with Crippen molar-refractivity contribution >= 4 is 5.91 Å². The molecule has 1 aliphatic rings. The van der Waals surface area contributed by atoms with E-state index in [0.29, 0.717) is 36.1 Å². The Labute approximate surface area is 143 Å². The van der Waals surface area contributed by atoms with Crippen LogP contribution in [0, 0.1) is 5.82 Å². The number of carbonyl (C=O) groups excluding carboxylic acids is 1. The number of amides is 1. The van der Waals surface area contributed by atoms with Crippen LogP contribution in [0.25, 0.3) is 11.5 Å². The summed E-state index contributed by atoms with van der Waals surface area (Å²) in [5.41, 5.74) is 0.989. The molecule has 1 aromatic carbocycles. The summed E-state index contributed by atoms with van der Waals surface area (Å²) in [4.78, 5) is 22.8. The van der Waals surface area contributed by atoms with Gasteiger partial charge in [-0.05, 0) is 36.8 Å². The quantitative estimate of drug-likeness (QED) is 0.734. The maximum Gasteiger partial charge on any atom is 0.253 e. The van der Waals surface area contributed by atoms with Crippen molar-refractivity contribution in [3.63, 3.8) is 0 Å². The first-order valence-electron chi connectivity index (χ1n) is 8.00. The van der Waals surface area contributed by atoms with E-state index >= 15 is 0 Å². The van der Waals surface area contributed by atoms with Gasteiger partial charge in [-0.15, -0.1) is 0 Å². The molecule has 0 bridgehead atoms. The Hall–Kier alpha value is -3.09. The van der Waals surface area contributed by atoms with Gasteiger partial charge in [0.15, 0.2) is 0 Å². The number of rotatable bonds is 3. The van der Waals surface area contributed by atoms with E-state index in [1.54, 1.807) is 17.2 Å². The van der Waals surface area contributed by atoms with Gasteiger partial charge in [0.1, 0.15) is 11.5 Å². The fraction of sp³-hybridized carbons (Fsp3) is 0.222. The lowest BCUT2D eigenvalue weighted by Gasteiger charge is -2.15. The lowest BCUT2D eigenvalue weighted by Crippen LogP contribution is -2.28. The van der Waals surface area contributed by atoms with Crippen molar-refractivity contribution in [1.82, 2.24) is 20.0 Å². The van der Waals surface area contributed by atoms with Gasteiger partial charge in [0.05, 0.1) is 5.92 Å². The highest BCUT2D eigenvalue weighted by molar-refractivity contribution is 5.94. The highest BCUT2D eigenvalue weighted by Gasteiger charge is 2.31. The average molecular weight is 338 g/mol. The minimum absolute atomic E-state index is 0.0255. The number of carbonyl (C=O) groups is 1. The van der Waals surface area contributed by atoms with Gasteiger partial charge in [-0.25, -0.2) is 4.39 Å². The normalized spacial score (nSPS) is 17.0. The Morgan fingerprint density at radius 2 is 2.16 bits per heavy atom. The minimum atomic E-state index is -0.418. The minimum Gasteiger partial charge on any atom is -0.339 e. The summed E-state index contributed by atoms with van der Waals surface area (Å²) in [6.07, 6.45) is 2.39. The van der Waals surface area contributed by atoms with E-state index < -0.39 is 5.82 Å². The first-order chi connectivity index (χ1) is 12.2. The van der Waals surface area contributed by atoms with Crippen molar-refractivity contribution in [2.75, 3.05) is 13.1 Å². The molecular formula is C18H15FN4O2. The van der Waals surface area contributed by atoms with Gasteiger partial charge in [0.25, 0.3) is 5.91 Å². The third-order valence-electron chi connectivity index (χ3n) is 4.23. The molecule has 0 aliphatic carbocycles. The summed E-state index contributed by atoms with van der Waals surface area (Å²) in [5.74, 6) is 0.299. The van der Waals surface area contributed by atoms with Crippen LogP contribution in [0.3, 0.4) is 0 Å². The second-order valence-corrected chi connectivity index (χ2v) is 5.92. The summed E-state index contributed by atoms with van der Waals surface area (Å²) in [7, 11) is 0. The topological polar surface area (TPSA) is 72.1 Å². The van der Waals surface area contributed by atoms with Crippen molar-refractivity contribution in [2.24, 2.45) is 0 Å². The molecule has 126 valence electrons. The zero-order chi connectivity index (χ0) is 17.2. The smallest absolute Gasteiger partial charge is 0.253 e. The summed E-state index contributed by atoms with van der Waals surface area (Å²) >= 11 is 0. The zero-order valence-electron chi connectivity index (χ0n) is 13.3. The average Bonchev–Trinajstić information content (AvgIpc) is 3.31. The van der Waals surface area contributed by atoms with E-state index in [2.05, 4.69) is 15.1 Å². The summed E-state index contributed by atoms with van der Waals surface area (Å²) in [5, 5.41) is 3.97. The van der Waals surface area contributed by atoms with Crippen LogP contribution in [0.15, 0.2) is 53.2 Å². The number of hydrogen-bond donors (Lipinski definition) is 0. The molecule has 7 heteroatoms. The SMILES string of the molecule is O=C(c1cccc(F)c1)N1CC[C@@H](c2nc(-c3ccccn3)no2)C1. The van der Waals surface area contributed by atoms with Crippen LogP contribution >= 0.6 is 0 Å². The summed E-state index contributed by atoms with van der Waals surface area (Å²) < 4.78 is 18.7. The molecule has 3 heterocycles. The van der Waals surface area contributed by atoms with Crippen LogP contribution in [-0.4, -0.2) is 39.0 Å². The maximum absolute atomic E-state index is 13.3. The predicted molar refractivity (Wildman–Crippen MR) is 87.2 cm³/mol. The van der Waals surface area contributed by atoms with Crippen molar-refractivity contribution in [1.29, 1.82) is 0 Å². The number of nitrogens with zero attached hydrogens (tertiary/aromatic N) is 4. The molecule has 1 amide bonds. The zero-order valence-corrected chi connectivity index (χ0v) is 13.3. The van der Waals surface area contributed by atoms with E-state index in [4.69, 9.17) is 4.52 Å². The number of halogens is 1. The predicted octanol–water partition coefficient (Wildman–Crippen LogP) is 2.90. The molecule has 0 radical (unpaired) electrons. The van der Waals surface area contributed by atoms with Crippen molar-refractivity contribution in [3.8, 4) is 11.5 Å². The molecule has 0 spiro atoms.